The third kappa shape index (κ3) is 6.51. The van der Waals surface area contributed by atoms with Crippen LogP contribution in [-0.4, -0.2) is 24.7 Å². The summed E-state index contributed by atoms with van der Waals surface area (Å²) in [6.07, 6.45) is 15.7. The van der Waals surface area contributed by atoms with Crippen molar-refractivity contribution in [2.45, 2.75) is 175 Å². The van der Waals surface area contributed by atoms with Crippen molar-refractivity contribution in [2.75, 3.05) is 0 Å². The Labute approximate surface area is 298 Å². The van der Waals surface area contributed by atoms with E-state index in [1.54, 1.807) is 11.1 Å². The van der Waals surface area contributed by atoms with Gasteiger partial charge in [-0.3, -0.25) is 0 Å². The molecule has 0 aromatic heterocycles. The molecule has 2 nitrogen and oxygen atoms in total. The molecule has 0 amide bonds. The number of hydrogen-bond donors (Lipinski definition) is 0. The Morgan fingerprint density at radius 2 is 1.00 bits per heavy atom. The SMILES string of the molecule is CCCC(C)(C)[Si](C)(C)OC1=C2[C@H]([Zr+2][C@H]3C4=C(CCCC4)C(O[Si](C)(C)C(C)(C)CCC)=C3[Si]2(C)C)C2=C1CCCC2.[Cl-].[Cl-]. The molecule has 2 atom stereocenters. The smallest absolute Gasteiger partial charge is 1.00 e. The fraction of sp³-hybridized carbons (Fsp3) is 0.778. The molecule has 5 rings (SSSR count). The summed E-state index contributed by atoms with van der Waals surface area (Å²) >= 11 is -0.799. The molecular weight excluding hydrogens is 711 g/mol. The quantitative estimate of drug-likeness (QED) is 0.242. The monoisotopic (exact) mass is 770 g/mol. The van der Waals surface area contributed by atoms with Gasteiger partial charge in [-0.1, -0.05) is 0 Å². The van der Waals surface area contributed by atoms with E-state index in [-0.39, 0.29) is 34.9 Å². The Hall–Kier alpha value is 0.674. The molecule has 0 aromatic rings. The summed E-state index contributed by atoms with van der Waals surface area (Å²) < 4.78 is 16.9. The molecule has 5 aliphatic rings. The molecule has 1 aliphatic heterocycles. The maximum atomic E-state index is 7.63. The van der Waals surface area contributed by atoms with Crippen LogP contribution in [0, 0.1) is 0 Å². The second-order valence-corrected chi connectivity index (χ2v) is 34.2. The molecule has 8 heteroatoms. The van der Waals surface area contributed by atoms with Gasteiger partial charge in [0.05, 0.1) is 0 Å². The predicted octanol–water partition coefficient (Wildman–Crippen LogP) is 6.33. The Morgan fingerprint density at radius 3 is 1.34 bits per heavy atom. The molecule has 4 aliphatic carbocycles. The summed E-state index contributed by atoms with van der Waals surface area (Å²) in [7, 11) is -5.97. The third-order valence-corrected chi connectivity index (χ3v) is 31.1. The van der Waals surface area contributed by atoms with E-state index in [9.17, 15) is 0 Å². The molecule has 0 unspecified atom stereocenters. The first-order valence-corrected chi connectivity index (χ1v) is 29.2. The molecule has 0 saturated carbocycles. The summed E-state index contributed by atoms with van der Waals surface area (Å²) in [6.45, 7) is 30.3. The van der Waals surface area contributed by atoms with Crippen LogP contribution < -0.4 is 24.8 Å². The minimum atomic E-state index is -2.00. The number of fused-ring (bicyclic) bond motifs is 4. The Bertz CT molecular complexity index is 1150. The topological polar surface area (TPSA) is 18.5 Å². The number of allylic oxidation sites excluding steroid dienone is 6. The fourth-order valence-corrected chi connectivity index (χ4v) is 27.5. The molecule has 248 valence electrons. The van der Waals surface area contributed by atoms with E-state index in [4.69, 9.17) is 8.85 Å². The molecule has 0 aromatic carbocycles. The van der Waals surface area contributed by atoms with Crippen molar-refractivity contribution < 1.29 is 56.9 Å². The Kier molecular flexibility index (Phi) is 12.3. The van der Waals surface area contributed by atoms with Gasteiger partial charge in [0.25, 0.3) is 0 Å². The van der Waals surface area contributed by atoms with Crippen molar-refractivity contribution in [1.82, 2.24) is 0 Å². The van der Waals surface area contributed by atoms with Gasteiger partial charge in [-0.25, -0.2) is 0 Å². The summed E-state index contributed by atoms with van der Waals surface area (Å²) in [6, 6.07) is 0. The van der Waals surface area contributed by atoms with Crippen LogP contribution in [0.15, 0.2) is 44.2 Å². The van der Waals surface area contributed by atoms with Gasteiger partial charge in [-0.2, -0.15) is 0 Å². The van der Waals surface area contributed by atoms with Gasteiger partial charge >= 0.3 is 276 Å². The third-order valence-electron chi connectivity index (χ3n) is 12.7. The van der Waals surface area contributed by atoms with Crippen LogP contribution in [0.4, 0.5) is 0 Å². The van der Waals surface area contributed by atoms with E-state index in [0.717, 1.165) is 7.25 Å². The average molecular weight is 773 g/mol. The predicted molar refractivity (Wildman–Crippen MR) is 185 cm³/mol. The fourth-order valence-electron chi connectivity index (χ4n) is 8.79. The summed E-state index contributed by atoms with van der Waals surface area (Å²) in [4.78, 5) is 0. The minimum absolute atomic E-state index is 0. The molecule has 44 heavy (non-hydrogen) atoms. The largest absolute Gasteiger partial charge is 1.00 e. The van der Waals surface area contributed by atoms with Crippen molar-refractivity contribution in [1.29, 1.82) is 0 Å². The Morgan fingerprint density at radius 1 is 0.659 bits per heavy atom. The normalized spacial score (nSPS) is 24.8. The second-order valence-electron chi connectivity index (χ2n) is 17.1. The van der Waals surface area contributed by atoms with Crippen LogP contribution in [0.1, 0.15) is 119 Å². The van der Waals surface area contributed by atoms with E-state index in [2.05, 4.69) is 80.8 Å². The van der Waals surface area contributed by atoms with E-state index in [1.165, 1.54) is 88.6 Å². The van der Waals surface area contributed by atoms with Gasteiger partial charge in [0.1, 0.15) is 0 Å². The summed E-state index contributed by atoms with van der Waals surface area (Å²) in [5.41, 5.74) is 7.16. The van der Waals surface area contributed by atoms with Crippen LogP contribution in [0.25, 0.3) is 0 Å². The van der Waals surface area contributed by atoms with Gasteiger partial charge in [0, 0.05) is 0 Å². The van der Waals surface area contributed by atoms with Gasteiger partial charge in [0.2, 0.25) is 0 Å². The van der Waals surface area contributed by atoms with E-state index in [0.29, 0.717) is 0 Å². The first-order valence-electron chi connectivity index (χ1n) is 17.6. The van der Waals surface area contributed by atoms with E-state index < -0.39 is 47.9 Å². The van der Waals surface area contributed by atoms with Crippen molar-refractivity contribution in [3.63, 3.8) is 0 Å². The zero-order chi connectivity index (χ0) is 30.9. The van der Waals surface area contributed by atoms with Crippen molar-refractivity contribution in [2.24, 2.45) is 0 Å². The molecular formula is C36H62Cl2O2Si3Zr. The van der Waals surface area contributed by atoms with Crippen LogP contribution >= 0.6 is 0 Å². The van der Waals surface area contributed by atoms with E-state index >= 15 is 0 Å². The van der Waals surface area contributed by atoms with Crippen LogP contribution in [0.2, 0.25) is 56.6 Å². The molecule has 1 saturated heterocycles. The van der Waals surface area contributed by atoms with Crippen molar-refractivity contribution in [3.05, 3.63) is 44.2 Å². The molecule has 0 bridgehead atoms. The molecule has 0 spiro atoms. The van der Waals surface area contributed by atoms with Crippen molar-refractivity contribution in [3.8, 4) is 0 Å². The number of halogens is 2. The molecule has 1 fully saturated rings. The standard InChI is InChI=1S/C36H62O2Si3.2ClH.Zr/c1-13-23-35(3,4)40(9,10)37-33-29-21-17-15-19-27(29)25-31(33)39(7,8)32-26-28-20-16-18-22-30(28)34(32)38-41(11,12)36(5,6)24-14-2;;;/h25-26H,13-24H2,1-12H3;2*1H;/q;;;+2/p-2. The van der Waals surface area contributed by atoms with Gasteiger partial charge < -0.3 is 24.8 Å². The Balaban J connectivity index is 0.00000264. The van der Waals surface area contributed by atoms with Gasteiger partial charge in [0.15, 0.2) is 0 Å². The zero-order valence-corrected chi connectivity index (χ0v) is 37.2. The zero-order valence-electron chi connectivity index (χ0n) is 30.2. The van der Waals surface area contributed by atoms with Crippen LogP contribution in [-0.2, 0) is 32.1 Å². The molecule has 0 radical (unpaired) electrons. The van der Waals surface area contributed by atoms with E-state index in [1.807, 2.05) is 21.5 Å². The number of rotatable bonds is 10. The second kappa shape index (κ2) is 13.9. The van der Waals surface area contributed by atoms with Gasteiger partial charge in [-0.05, 0) is 0 Å². The average Bonchev–Trinajstić information content (AvgIpc) is 3.37. The van der Waals surface area contributed by atoms with Crippen LogP contribution in [0.3, 0.4) is 0 Å². The maximum absolute atomic E-state index is 7.63. The summed E-state index contributed by atoms with van der Waals surface area (Å²) in [5.74, 6) is 2.93. The molecule has 0 N–H and O–H groups in total. The van der Waals surface area contributed by atoms with Crippen molar-refractivity contribution >= 4 is 24.7 Å². The first kappa shape index (κ1) is 39.1. The summed E-state index contributed by atoms with van der Waals surface area (Å²) in [5, 5.41) is 4.25. The van der Waals surface area contributed by atoms with Gasteiger partial charge in [-0.15, -0.1) is 0 Å². The first-order chi connectivity index (χ1) is 19.5. The minimum Gasteiger partial charge on any atom is -1.00 e. The maximum Gasteiger partial charge on any atom is -1.00 e. The number of hydrogen-bond acceptors (Lipinski definition) is 2. The molecule has 1 heterocycles. The van der Waals surface area contributed by atoms with Crippen LogP contribution in [0.5, 0.6) is 0 Å².